The number of ether oxygens (including phenoxy) is 1. The molecule has 0 bridgehead atoms. The van der Waals surface area contributed by atoms with Crippen molar-refractivity contribution in [2.75, 3.05) is 19.7 Å². The third kappa shape index (κ3) is 2.69. The van der Waals surface area contributed by atoms with Gasteiger partial charge in [0.25, 0.3) is 0 Å². The monoisotopic (exact) mass is 198 g/mol. The molecule has 1 aliphatic carbocycles. The molecule has 3 heteroatoms. The van der Waals surface area contributed by atoms with Crippen LogP contribution >= 0.6 is 0 Å². The van der Waals surface area contributed by atoms with Gasteiger partial charge in [0.15, 0.2) is 0 Å². The van der Waals surface area contributed by atoms with Crippen molar-refractivity contribution in [1.29, 1.82) is 0 Å². The van der Waals surface area contributed by atoms with Crippen molar-refractivity contribution in [1.82, 2.24) is 10.6 Å². The van der Waals surface area contributed by atoms with Crippen LogP contribution in [0.15, 0.2) is 0 Å². The number of hydrogen-bond acceptors (Lipinski definition) is 3. The quantitative estimate of drug-likeness (QED) is 0.704. The smallest absolute Gasteiger partial charge is 0.0604 e. The average Bonchev–Trinajstić information content (AvgIpc) is 2.16. The summed E-state index contributed by atoms with van der Waals surface area (Å²) in [4.78, 5) is 0. The Kier molecular flexibility index (Phi) is 3.79. The fraction of sp³-hybridized carbons (Fsp3) is 1.00. The summed E-state index contributed by atoms with van der Waals surface area (Å²) in [6.07, 6.45) is 5.62. The maximum absolute atomic E-state index is 5.54. The van der Waals surface area contributed by atoms with Gasteiger partial charge in [0.1, 0.15) is 0 Å². The summed E-state index contributed by atoms with van der Waals surface area (Å²) in [5.74, 6) is 0. The van der Waals surface area contributed by atoms with E-state index in [1.165, 1.54) is 32.2 Å². The fourth-order valence-electron chi connectivity index (χ4n) is 2.40. The van der Waals surface area contributed by atoms with Gasteiger partial charge in [0.2, 0.25) is 0 Å². The molecule has 2 rings (SSSR count). The van der Waals surface area contributed by atoms with Crippen LogP contribution in [0.5, 0.6) is 0 Å². The van der Waals surface area contributed by atoms with Gasteiger partial charge in [-0.15, -0.1) is 0 Å². The molecule has 2 N–H and O–H groups in total. The van der Waals surface area contributed by atoms with Gasteiger partial charge < -0.3 is 15.4 Å². The molecule has 0 aromatic rings. The van der Waals surface area contributed by atoms with Crippen molar-refractivity contribution < 1.29 is 4.74 Å². The molecule has 1 atom stereocenters. The molecule has 1 saturated heterocycles. The third-order valence-corrected chi connectivity index (χ3v) is 3.27. The van der Waals surface area contributed by atoms with E-state index in [9.17, 15) is 0 Å². The van der Waals surface area contributed by atoms with E-state index in [4.69, 9.17) is 4.74 Å². The van der Waals surface area contributed by atoms with E-state index in [-0.39, 0.29) is 0 Å². The fourth-order valence-corrected chi connectivity index (χ4v) is 2.40. The Morgan fingerprint density at radius 1 is 1.36 bits per heavy atom. The van der Waals surface area contributed by atoms with Gasteiger partial charge >= 0.3 is 0 Å². The highest BCUT2D eigenvalue weighted by atomic mass is 16.5. The summed E-state index contributed by atoms with van der Waals surface area (Å²) in [6, 6.07) is 1.42. The summed E-state index contributed by atoms with van der Waals surface area (Å²) in [7, 11) is 0. The molecular weight excluding hydrogens is 176 g/mol. The Bertz CT molecular complexity index is 163. The van der Waals surface area contributed by atoms with Crippen molar-refractivity contribution in [3.63, 3.8) is 0 Å². The molecule has 3 nitrogen and oxygen atoms in total. The molecule has 1 saturated carbocycles. The molecule has 82 valence electrons. The summed E-state index contributed by atoms with van der Waals surface area (Å²) < 4.78 is 5.54. The molecule has 2 aliphatic rings. The van der Waals surface area contributed by atoms with Crippen molar-refractivity contribution in [3.8, 4) is 0 Å². The van der Waals surface area contributed by atoms with Crippen LogP contribution in [-0.4, -0.2) is 37.9 Å². The Morgan fingerprint density at radius 3 is 2.86 bits per heavy atom. The lowest BCUT2D eigenvalue weighted by atomic mass is 9.88. The zero-order valence-corrected chi connectivity index (χ0v) is 9.09. The van der Waals surface area contributed by atoms with Gasteiger partial charge in [-0.1, -0.05) is 0 Å². The van der Waals surface area contributed by atoms with E-state index in [0.717, 1.165) is 19.2 Å². The molecule has 1 aliphatic heterocycles. The van der Waals surface area contributed by atoms with Gasteiger partial charge in [-0.3, -0.25) is 0 Å². The number of hydrogen-bond donors (Lipinski definition) is 2. The Balaban J connectivity index is 1.58. The maximum atomic E-state index is 5.54. The molecular formula is C11H22N2O. The summed E-state index contributed by atoms with van der Waals surface area (Å²) in [5, 5.41) is 7.13. The van der Waals surface area contributed by atoms with E-state index in [1.54, 1.807) is 0 Å². The van der Waals surface area contributed by atoms with Crippen LogP contribution in [0.3, 0.4) is 0 Å². The van der Waals surface area contributed by atoms with E-state index in [0.29, 0.717) is 12.1 Å². The zero-order chi connectivity index (χ0) is 9.80. The third-order valence-electron chi connectivity index (χ3n) is 3.27. The van der Waals surface area contributed by atoms with Gasteiger partial charge in [0, 0.05) is 25.2 Å². The number of piperidine rings is 1. The molecule has 0 radical (unpaired) electrons. The lowest BCUT2D eigenvalue weighted by Crippen LogP contribution is -2.53. The minimum atomic E-state index is 0.536. The second-order valence-corrected chi connectivity index (χ2v) is 4.46. The van der Waals surface area contributed by atoms with Crippen molar-refractivity contribution >= 4 is 0 Å². The first-order chi connectivity index (χ1) is 6.88. The van der Waals surface area contributed by atoms with E-state index in [1.807, 2.05) is 0 Å². The van der Waals surface area contributed by atoms with Crippen molar-refractivity contribution in [2.45, 2.75) is 50.8 Å². The lowest BCUT2D eigenvalue weighted by Gasteiger charge is -2.39. The summed E-state index contributed by atoms with van der Waals surface area (Å²) in [6.45, 7) is 5.29. The Labute approximate surface area is 86.6 Å². The standard InChI is InChI=1S/C11H22N2O/c1-2-14-11-6-10(7-11)13-9-4-3-5-12-8-9/h9-13H,2-8H2,1H3. The minimum Gasteiger partial charge on any atom is -0.378 e. The van der Waals surface area contributed by atoms with Gasteiger partial charge in [-0.05, 0) is 39.2 Å². The SMILES string of the molecule is CCOC1CC(NC2CCCNC2)C1. The molecule has 0 spiro atoms. The van der Waals surface area contributed by atoms with Crippen LogP contribution in [0.2, 0.25) is 0 Å². The Morgan fingerprint density at radius 2 is 2.21 bits per heavy atom. The van der Waals surface area contributed by atoms with Crippen LogP contribution in [0.25, 0.3) is 0 Å². The van der Waals surface area contributed by atoms with E-state index < -0.39 is 0 Å². The van der Waals surface area contributed by atoms with Crippen LogP contribution in [0, 0.1) is 0 Å². The van der Waals surface area contributed by atoms with Crippen LogP contribution in [0.4, 0.5) is 0 Å². The average molecular weight is 198 g/mol. The highest BCUT2D eigenvalue weighted by Gasteiger charge is 2.31. The second kappa shape index (κ2) is 5.10. The number of rotatable bonds is 4. The second-order valence-electron chi connectivity index (χ2n) is 4.46. The molecule has 2 fully saturated rings. The lowest BCUT2D eigenvalue weighted by molar-refractivity contribution is -0.0129. The van der Waals surface area contributed by atoms with Crippen molar-refractivity contribution in [2.24, 2.45) is 0 Å². The highest BCUT2D eigenvalue weighted by molar-refractivity contribution is 4.89. The predicted molar refractivity (Wildman–Crippen MR) is 57.5 cm³/mol. The maximum Gasteiger partial charge on any atom is 0.0604 e. The summed E-state index contributed by atoms with van der Waals surface area (Å²) >= 11 is 0. The van der Waals surface area contributed by atoms with Gasteiger partial charge in [-0.25, -0.2) is 0 Å². The molecule has 0 aromatic heterocycles. The normalized spacial score (nSPS) is 37.9. The summed E-state index contributed by atoms with van der Waals surface area (Å²) in [5.41, 5.74) is 0. The molecule has 0 aromatic carbocycles. The van der Waals surface area contributed by atoms with Gasteiger partial charge in [-0.2, -0.15) is 0 Å². The van der Waals surface area contributed by atoms with E-state index >= 15 is 0 Å². The van der Waals surface area contributed by atoms with E-state index in [2.05, 4.69) is 17.6 Å². The van der Waals surface area contributed by atoms with Crippen LogP contribution in [-0.2, 0) is 4.74 Å². The Hall–Kier alpha value is -0.120. The molecule has 0 amide bonds. The zero-order valence-electron chi connectivity index (χ0n) is 9.09. The van der Waals surface area contributed by atoms with Crippen LogP contribution in [0.1, 0.15) is 32.6 Å². The molecule has 14 heavy (non-hydrogen) atoms. The van der Waals surface area contributed by atoms with Crippen molar-refractivity contribution in [3.05, 3.63) is 0 Å². The molecule has 1 unspecified atom stereocenters. The van der Waals surface area contributed by atoms with Crippen LogP contribution < -0.4 is 10.6 Å². The first kappa shape index (κ1) is 10.4. The highest BCUT2D eigenvalue weighted by Crippen LogP contribution is 2.24. The number of nitrogens with one attached hydrogen (secondary N) is 2. The predicted octanol–water partition coefficient (Wildman–Crippen LogP) is 0.895. The largest absolute Gasteiger partial charge is 0.378 e. The van der Waals surface area contributed by atoms with Gasteiger partial charge in [0.05, 0.1) is 6.10 Å². The molecule has 1 heterocycles. The first-order valence-corrected chi connectivity index (χ1v) is 5.97. The first-order valence-electron chi connectivity index (χ1n) is 5.97. The minimum absolute atomic E-state index is 0.536. The topological polar surface area (TPSA) is 33.3 Å².